The van der Waals surface area contributed by atoms with Crippen LogP contribution in [-0.4, -0.2) is 67.3 Å². The monoisotopic (exact) mass is 416 g/mol. The molecule has 0 unspecified atom stereocenters. The maximum atomic E-state index is 12.4. The van der Waals surface area contributed by atoms with Crippen LogP contribution in [0.3, 0.4) is 0 Å². The SMILES string of the molecule is CCOC(=O)CCN(CC(=O)OCC)C(=O)CCCCCNC(=O)OC(C)(C)C. The largest absolute Gasteiger partial charge is 0.466 e. The van der Waals surface area contributed by atoms with Crippen molar-refractivity contribution in [3.63, 3.8) is 0 Å². The average molecular weight is 417 g/mol. The average Bonchev–Trinajstić information content (AvgIpc) is 2.60. The van der Waals surface area contributed by atoms with Crippen molar-refractivity contribution in [2.45, 2.75) is 72.3 Å². The molecule has 0 aromatic rings. The Morgan fingerprint density at radius 2 is 1.48 bits per heavy atom. The Labute approximate surface area is 173 Å². The summed E-state index contributed by atoms with van der Waals surface area (Å²) in [6.45, 7) is 9.64. The van der Waals surface area contributed by atoms with E-state index in [1.165, 1.54) is 4.90 Å². The molecular weight excluding hydrogens is 380 g/mol. The van der Waals surface area contributed by atoms with Crippen LogP contribution in [0.2, 0.25) is 0 Å². The minimum absolute atomic E-state index is 0.0266. The Kier molecular flexibility index (Phi) is 13.5. The number of carbonyl (C=O) groups excluding carboxylic acids is 4. The van der Waals surface area contributed by atoms with E-state index in [9.17, 15) is 19.2 Å². The fourth-order valence-corrected chi connectivity index (χ4v) is 2.35. The van der Waals surface area contributed by atoms with Gasteiger partial charge in [0.05, 0.1) is 19.6 Å². The Morgan fingerprint density at radius 3 is 2.07 bits per heavy atom. The zero-order valence-electron chi connectivity index (χ0n) is 18.4. The van der Waals surface area contributed by atoms with Crippen LogP contribution in [0.5, 0.6) is 0 Å². The summed E-state index contributed by atoms with van der Waals surface area (Å²) in [5.41, 5.74) is -0.539. The lowest BCUT2D eigenvalue weighted by atomic mass is 10.1. The number of alkyl carbamates (subject to hydrolysis) is 1. The van der Waals surface area contributed by atoms with Crippen molar-refractivity contribution in [3.05, 3.63) is 0 Å². The van der Waals surface area contributed by atoms with Crippen molar-refractivity contribution in [1.82, 2.24) is 10.2 Å². The van der Waals surface area contributed by atoms with Crippen molar-refractivity contribution < 1.29 is 33.4 Å². The predicted octanol–water partition coefficient (Wildman–Crippen LogP) is 2.42. The number of hydrogen-bond donors (Lipinski definition) is 1. The molecule has 0 aliphatic carbocycles. The molecule has 0 aliphatic rings. The van der Waals surface area contributed by atoms with Crippen LogP contribution in [0, 0.1) is 0 Å². The summed E-state index contributed by atoms with van der Waals surface area (Å²) in [6.07, 6.45) is 1.84. The Hall–Kier alpha value is -2.32. The van der Waals surface area contributed by atoms with Gasteiger partial charge in [0.25, 0.3) is 0 Å². The second-order valence-electron chi connectivity index (χ2n) is 7.41. The van der Waals surface area contributed by atoms with Gasteiger partial charge in [-0.2, -0.15) is 0 Å². The molecule has 0 fully saturated rings. The number of ether oxygens (including phenoxy) is 3. The first kappa shape index (κ1) is 26.7. The van der Waals surface area contributed by atoms with E-state index in [-0.39, 0.29) is 45.1 Å². The molecule has 0 rings (SSSR count). The number of esters is 2. The summed E-state index contributed by atoms with van der Waals surface area (Å²) in [6, 6.07) is 0. The number of nitrogens with one attached hydrogen (secondary N) is 1. The van der Waals surface area contributed by atoms with Gasteiger partial charge in [0, 0.05) is 19.5 Å². The number of carbonyl (C=O) groups is 4. The second-order valence-corrected chi connectivity index (χ2v) is 7.41. The zero-order chi connectivity index (χ0) is 22.3. The van der Waals surface area contributed by atoms with Gasteiger partial charge in [0.15, 0.2) is 0 Å². The number of unbranched alkanes of at least 4 members (excludes halogenated alkanes) is 2. The third kappa shape index (κ3) is 15.3. The first-order valence-electron chi connectivity index (χ1n) is 10.1. The molecule has 0 saturated carbocycles. The zero-order valence-corrected chi connectivity index (χ0v) is 18.4. The fraction of sp³-hybridized carbons (Fsp3) is 0.800. The summed E-state index contributed by atoms with van der Waals surface area (Å²) >= 11 is 0. The van der Waals surface area contributed by atoms with Gasteiger partial charge in [-0.15, -0.1) is 0 Å². The van der Waals surface area contributed by atoms with E-state index in [4.69, 9.17) is 14.2 Å². The van der Waals surface area contributed by atoms with Crippen molar-refractivity contribution >= 4 is 23.9 Å². The van der Waals surface area contributed by atoms with E-state index in [1.807, 2.05) is 0 Å². The summed E-state index contributed by atoms with van der Waals surface area (Å²) in [5, 5.41) is 2.67. The third-order valence-corrected chi connectivity index (χ3v) is 3.60. The number of rotatable bonds is 13. The molecule has 0 spiro atoms. The van der Waals surface area contributed by atoms with Crippen LogP contribution in [0.25, 0.3) is 0 Å². The van der Waals surface area contributed by atoms with Crippen molar-refractivity contribution in [2.24, 2.45) is 0 Å². The van der Waals surface area contributed by atoms with Crippen molar-refractivity contribution in [3.8, 4) is 0 Å². The fourth-order valence-electron chi connectivity index (χ4n) is 2.35. The third-order valence-electron chi connectivity index (χ3n) is 3.60. The lowest BCUT2D eigenvalue weighted by Crippen LogP contribution is -2.38. The van der Waals surface area contributed by atoms with Gasteiger partial charge >= 0.3 is 18.0 Å². The molecule has 29 heavy (non-hydrogen) atoms. The minimum Gasteiger partial charge on any atom is -0.466 e. The Balaban J connectivity index is 4.27. The van der Waals surface area contributed by atoms with Gasteiger partial charge in [-0.3, -0.25) is 14.4 Å². The summed E-state index contributed by atoms with van der Waals surface area (Å²) < 4.78 is 14.9. The highest BCUT2D eigenvalue weighted by Crippen LogP contribution is 2.07. The van der Waals surface area contributed by atoms with Crippen molar-refractivity contribution in [1.29, 1.82) is 0 Å². The lowest BCUT2D eigenvalue weighted by molar-refractivity contribution is -0.150. The molecular formula is C20H36N2O7. The molecule has 9 nitrogen and oxygen atoms in total. The van der Waals surface area contributed by atoms with Gasteiger partial charge in [-0.1, -0.05) is 6.42 Å². The molecule has 0 heterocycles. The summed E-state index contributed by atoms with van der Waals surface area (Å²) in [4.78, 5) is 48.6. The molecule has 0 atom stereocenters. The van der Waals surface area contributed by atoms with E-state index in [0.29, 0.717) is 19.4 Å². The number of hydrogen-bond acceptors (Lipinski definition) is 7. The smallest absolute Gasteiger partial charge is 0.407 e. The van der Waals surface area contributed by atoms with Crippen LogP contribution in [-0.2, 0) is 28.6 Å². The van der Waals surface area contributed by atoms with E-state index in [2.05, 4.69) is 5.32 Å². The molecule has 9 heteroatoms. The first-order valence-corrected chi connectivity index (χ1v) is 10.1. The van der Waals surface area contributed by atoms with E-state index >= 15 is 0 Å². The summed E-state index contributed by atoms with van der Waals surface area (Å²) in [7, 11) is 0. The second kappa shape index (κ2) is 14.6. The van der Waals surface area contributed by atoms with Crippen LogP contribution in [0.4, 0.5) is 4.79 Å². The van der Waals surface area contributed by atoms with Crippen LogP contribution < -0.4 is 5.32 Å². The van der Waals surface area contributed by atoms with E-state index in [1.54, 1.807) is 34.6 Å². The normalized spacial score (nSPS) is 10.8. The quantitative estimate of drug-likeness (QED) is 0.279. The van der Waals surface area contributed by atoms with E-state index in [0.717, 1.165) is 6.42 Å². The van der Waals surface area contributed by atoms with Crippen molar-refractivity contribution in [2.75, 3.05) is 32.8 Å². The van der Waals surface area contributed by atoms with Gasteiger partial charge in [0.2, 0.25) is 5.91 Å². The lowest BCUT2D eigenvalue weighted by Gasteiger charge is -2.21. The van der Waals surface area contributed by atoms with Gasteiger partial charge in [-0.25, -0.2) is 4.79 Å². The molecule has 0 aliphatic heterocycles. The van der Waals surface area contributed by atoms with Gasteiger partial charge < -0.3 is 24.4 Å². The highest BCUT2D eigenvalue weighted by molar-refractivity contribution is 5.82. The maximum Gasteiger partial charge on any atom is 0.407 e. The Bertz CT molecular complexity index is 529. The molecule has 0 aromatic heterocycles. The standard InChI is InChI=1S/C20H36N2O7/c1-6-27-17(24)12-14-22(15-18(25)28-7-2)16(23)11-9-8-10-13-21-19(26)29-20(3,4)5/h6-15H2,1-5H3,(H,21,26). The van der Waals surface area contributed by atoms with Crippen LogP contribution in [0.1, 0.15) is 66.7 Å². The molecule has 1 N–H and O–H groups in total. The molecule has 168 valence electrons. The summed E-state index contributed by atoms with van der Waals surface area (Å²) in [5.74, 6) is -1.14. The maximum absolute atomic E-state index is 12.4. The number of amides is 2. The van der Waals surface area contributed by atoms with Gasteiger partial charge in [0.1, 0.15) is 12.1 Å². The predicted molar refractivity (Wildman–Crippen MR) is 107 cm³/mol. The topological polar surface area (TPSA) is 111 Å². The Morgan fingerprint density at radius 1 is 0.862 bits per heavy atom. The minimum atomic E-state index is -0.539. The highest BCUT2D eigenvalue weighted by Gasteiger charge is 2.19. The van der Waals surface area contributed by atoms with Gasteiger partial charge in [-0.05, 0) is 47.5 Å². The molecule has 0 aromatic carbocycles. The molecule has 0 radical (unpaired) electrons. The van der Waals surface area contributed by atoms with Crippen LogP contribution >= 0.6 is 0 Å². The highest BCUT2D eigenvalue weighted by atomic mass is 16.6. The molecule has 2 amide bonds. The molecule has 0 saturated heterocycles. The number of nitrogens with zero attached hydrogens (tertiary/aromatic N) is 1. The first-order chi connectivity index (χ1) is 13.6. The van der Waals surface area contributed by atoms with Crippen LogP contribution in [0.15, 0.2) is 0 Å². The molecule has 0 bridgehead atoms. The van der Waals surface area contributed by atoms with E-state index < -0.39 is 23.6 Å².